The smallest absolute Gasteiger partial charge is 0.328 e. The Morgan fingerprint density at radius 1 is 1.04 bits per heavy atom. The van der Waals surface area contributed by atoms with Gasteiger partial charge in [-0.05, 0) is 48.0 Å². The number of furan rings is 1. The van der Waals surface area contributed by atoms with Crippen LogP contribution in [0.15, 0.2) is 71.2 Å². The molecule has 0 atom stereocenters. The summed E-state index contributed by atoms with van der Waals surface area (Å²) in [6.07, 6.45) is 2.44. The number of carbonyl (C=O) groups is 2. The van der Waals surface area contributed by atoms with Crippen LogP contribution in [0.3, 0.4) is 0 Å². The van der Waals surface area contributed by atoms with E-state index in [9.17, 15) is 14.0 Å². The van der Waals surface area contributed by atoms with Gasteiger partial charge in [0.25, 0.3) is 5.91 Å². The van der Waals surface area contributed by atoms with E-state index in [-0.39, 0.29) is 5.76 Å². The van der Waals surface area contributed by atoms with E-state index in [0.29, 0.717) is 22.6 Å². The number of hydrogen-bond donors (Lipinski definition) is 2. The van der Waals surface area contributed by atoms with Gasteiger partial charge in [0.15, 0.2) is 5.76 Å². The normalized spacial score (nSPS) is 10.8. The number of nitrogens with one attached hydrogen (secondary N) is 1. The van der Waals surface area contributed by atoms with E-state index >= 15 is 0 Å². The highest BCUT2D eigenvalue weighted by Crippen LogP contribution is 2.23. The Morgan fingerprint density at radius 3 is 2.62 bits per heavy atom. The quantitative estimate of drug-likeness (QED) is 0.666. The highest BCUT2D eigenvalue weighted by molar-refractivity contribution is 6.02. The third kappa shape index (κ3) is 4.24. The minimum absolute atomic E-state index is 0.0794. The van der Waals surface area contributed by atoms with E-state index in [1.165, 1.54) is 24.3 Å². The lowest BCUT2D eigenvalue weighted by molar-refractivity contribution is -0.131. The summed E-state index contributed by atoms with van der Waals surface area (Å²) in [6.45, 7) is 0. The fourth-order valence-corrected chi connectivity index (χ4v) is 2.34. The number of benzene rings is 2. The van der Waals surface area contributed by atoms with Crippen molar-refractivity contribution in [2.75, 3.05) is 5.32 Å². The first kappa shape index (κ1) is 17.2. The van der Waals surface area contributed by atoms with Crippen molar-refractivity contribution in [3.8, 4) is 11.3 Å². The molecule has 6 heteroatoms. The summed E-state index contributed by atoms with van der Waals surface area (Å²) in [5.41, 5.74) is 1.65. The van der Waals surface area contributed by atoms with Gasteiger partial charge in [-0.3, -0.25) is 4.79 Å². The third-order valence-electron chi connectivity index (χ3n) is 3.50. The van der Waals surface area contributed by atoms with Gasteiger partial charge in [-0.2, -0.15) is 0 Å². The molecule has 1 aromatic heterocycles. The molecule has 0 aliphatic carbocycles. The summed E-state index contributed by atoms with van der Waals surface area (Å²) in [6, 6.07) is 15.7. The van der Waals surface area contributed by atoms with Crippen molar-refractivity contribution in [2.24, 2.45) is 0 Å². The molecular formula is C20H14FNO4. The van der Waals surface area contributed by atoms with Crippen LogP contribution in [0, 0.1) is 5.82 Å². The van der Waals surface area contributed by atoms with Crippen molar-refractivity contribution in [2.45, 2.75) is 0 Å². The van der Waals surface area contributed by atoms with Crippen molar-refractivity contribution in [3.05, 3.63) is 83.9 Å². The van der Waals surface area contributed by atoms with Crippen molar-refractivity contribution in [1.82, 2.24) is 0 Å². The number of carbonyl (C=O) groups excluding carboxylic acids is 1. The molecule has 0 unspecified atom stereocenters. The molecule has 0 saturated carbocycles. The lowest BCUT2D eigenvalue weighted by Crippen LogP contribution is -2.10. The van der Waals surface area contributed by atoms with E-state index in [2.05, 4.69) is 5.32 Å². The zero-order valence-electron chi connectivity index (χ0n) is 13.5. The van der Waals surface area contributed by atoms with Gasteiger partial charge >= 0.3 is 5.97 Å². The highest BCUT2D eigenvalue weighted by atomic mass is 19.1. The maximum Gasteiger partial charge on any atom is 0.328 e. The first-order valence-electron chi connectivity index (χ1n) is 7.69. The van der Waals surface area contributed by atoms with Crippen LogP contribution in [-0.2, 0) is 4.79 Å². The Balaban J connectivity index is 1.75. The molecule has 0 radical (unpaired) electrons. The second-order valence-corrected chi connectivity index (χ2v) is 5.43. The van der Waals surface area contributed by atoms with Crippen LogP contribution in [0.2, 0.25) is 0 Å². The summed E-state index contributed by atoms with van der Waals surface area (Å²) < 4.78 is 18.8. The highest BCUT2D eigenvalue weighted by Gasteiger charge is 2.13. The Kier molecular flexibility index (Phi) is 4.94. The van der Waals surface area contributed by atoms with Crippen molar-refractivity contribution >= 4 is 23.6 Å². The van der Waals surface area contributed by atoms with Gasteiger partial charge in [0, 0.05) is 17.3 Å². The average molecular weight is 351 g/mol. The topological polar surface area (TPSA) is 79.5 Å². The van der Waals surface area contributed by atoms with Crippen LogP contribution in [-0.4, -0.2) is 17.0 Å². The molecule has 0 spiro atoms. The van der Waals surface area contributed by atoms with Gasteiger partial charge in [0.2, 0.25) is 0 Å². The molecule has 3 rings (SSSR count). The molecule has 0 saturated heterocycles. The predicted molar refractivity (Wildman–Crippen MR) is 95.2 cm³/mol. The van der Waals surface area contributed by atoms with Gasteiger partial charge < -0.3 is 14.8 Å². The zero-order valence-corrected chi connectivity index (χ0v) is 13.5. The largest absolute Gasteiger partial charge is 0.478 e. The Hall–Kier alpha value is -3.67. The Bertz CT molecular complexity index is 991. The third-order valence-corrected chi connectivity index (χ3v) is 3.50. The van der Waals surface area contributed by atoms with E-state index in [0.717, 1.165) is 6.08 Å². The minimum atomic E-state index is -1.06. The van der Waals surface area contributed by atoms with E-state index in [1.807, 2.05) is 0 Å². The second-order valence-electron chi connectivity index (χ2n) is 5.43. The molecule has 1 heterocycles. The number of halogens is 1. The SMILES string of the molecule is O=C(O)C=Cc1cccc(NC(=O)c2ccc(-c3cccc(F)c3)o2)c1. The summed E-state index contributed by atoms with van der Waals surface area (Å²) in [5, 5.41) is 11.3. The maximum atomic E-state index is 13.3. The summed E-state index contributed by atoms with van der Waals surface area (Å²) in [4.78, 5) is 22.9. The molecule has 2 aromatic carbocycles. The number of hydrogen-bond acceptors (Lipinski definition) is 3. The monoisotopic (exact) mass is 351 g/mol. The van der Waals surface area contributed by atoms with E-state index in [4.69, 9.17) is 9.52 Å². The van der Waals surface area contributed by atoms with E-state index in [1.54, 1.807) is 42.5 Å². The van der Waals surface area contributed by atoms with E-state index < -0.39 is 17.7 Å². The summed E-state index contributed by atoms with van der Waals surface area (Å²) in [5.74, 6) is -1.45. The van der Waals surface area contributed by atoms with Crippen molar-refractivity contribution in [1.29, 1.82) is 0 Å². The first-order valence-corrected chi connectivity index (χ1v) is 7.69. The number of carboxylic acids is 1. The molecular weight excluding hydrogens is 337 g/mol. The first-order chi connectivity index (χ1) is 12.5. The molecule has 5 nitrogen and oxygen atoms in total. The van der Waals surface area contributed by atoms with Crippen LogP contribution < -0.4 is 5.32 Å². The lowest BCUT2D eigenvalue weighted by atomic mass is 10.2. The van der Waals surface area contributed by atoms with Gasteiger partial charge in [0.1, 0.15) is 11.6 Å². The number of carboxylic acid groups (broad SMARTS) is 1. The molecule has 130 valence electrons. The predicted octanol–water partition coefficient (Wildman–Crippen LogP) is 4.44. The zero-order chi connectivity index (χ0) is 18.5. The number of amides is 1. The second kappa shape index (κ2) is 7.48. The number of aliphatic carboxylic acids is 1. The van der Waals surface area contributed by atoms with Gasteiger partial charge in [-0.1, -0.05) is 24.3 Å². The summed E-state index contributed by atoms with van der Waals surface area (Å²) >= 11 is 0. The fourth-order valence-electron chi connectivity index (χ4n) is 2.34. The molecule has 2 N–H and O–H groups in total. The molecule has 0 aliphatic rings. The number of anilines is 1. The maximum absolute atomic E-state index is 13.3. The molecule has 26 heavy (non-hydrogen) atoms. The minimum Gasteiger partial charge on any atom is -0.478 e. The lowest BCUT2D eigenvalue weighted by Gasteiger charge is -2.04. The van der Waals surface area contributed by atoms with Gasteiger partial charge in [-0.15, -0.1) is 0 Å². The van der Waals surface area contributed by atoms with Crippen LogP contribution in [0.5, 0.6) is 0 Å². The van der Waals surface area contributed by atoms with Crippen LogP contribution in [0.1, 0.15) is 16.1 Å². The molecule has 0 aliphatic heterocycles. The van der Waals surface area contributed by atoms with Crippen molar-refractivity contribution < 1.29 is 23.5 Å². The molecule has 1 amide bonds. The molecule has 0 fully saturated rings. The standard InChI is InChI=1S/C20H14FNO4/c21-15-5-2-4-14(12-15)17-8-9-18(26-17)20(25)22-16-6-1-3-13(11-16)7-10-19(23)24/h1-12H,(H,22,25)(H,23,24). The van der Waals surface area contributed by atoms with Gasteiger partial charge in [0.05, 0.1) is 0 Å². The van der Waals surface area contributed by atoms with Crippen LogP contribution in [0.4, 0.5) is 10.1 Å². The van der Waals surface area contributed by atoms with Crippen LogP contribution in [0.25, 0.3) is 17.4 Å². The average Bonchev–Trinajstić information content (AvgIpc) is 3.11. The fraction of sp³-hybridized carbons (Fsp3) is 0. The Morgan fingerprint density at radius 2 is 1.85 bits per heavy atom. The van der Waals surface area contributed by atoms with Gasteiger partial charge in [-0.25, -0.2) is 9.18 Å². The molecule has 3 aromatic rings. The molecule has 0 bridgehead atoms. The van der Waals surface area contributed by atoms with Crippen molar-refractivity contribution in [3.63, 3.8) is 0 Å². The number of rotatable bonds is 5. The summed E-state index contributed by atoms with van der Waals surface area (Å²) in [7, 11) is 0. The van der Waals surface area contributed by atoms with Crippen LogP contribution >= 0.6 is 0 Å². The Labute approximate surface area is 148 Å².